The zero-order valence-corrected chi connectivity index (χ0v) is 13.4. The first-order chi connectivity index (χ1) is 9.29. The zero-order valence-electron chi connectivity index (χ0n) is 13.4. The zero-order chi connectivity index (χ0) is 15.3. The summed E-state index contributed by atoms with van der Waals surface area (Å²) in [5.41, 5.74) is 2.17. The fourth-order valence-corrected chi connectivity index (χ4v) is 1.86. The van der Waals surface area contributed by atoms with Gasteiger partial charge in [-0.2, -0.15) is 0 Å². The minimum Gasteiger partial charge on any atom is -0.493 e. The fraction of sp³-hybridized carbons (Fsp3) is 0.625. The van der Waals surface area contributed by atoms with E-state index in [0.29, 0.717) is 13.1 Å². The molecular formula is C16H27NO3. The number of hydrogen-bond acceptors (Lipinski definition) is 4. The molecule has 0 spiro atoms. The highest BCUT2D eigenvalue weighted by Gasteiger charge is 2.21. The van der Waals surface area contributed by atoms with Gasteiger partial charge in [0.1, 0.15) is 0 Å². The van der Waals surface area contributed by atoms with Gasteiger partial charge in [-0.1, -0.05) is 20.8 Å². The lowest BCUT2D eigenvalue weighted by atomic mass is 9.89. The predicted molar refractivity (Wildman–Crippen MR) is 81.5 cm³/mol. The monoisotopic (exact) mass is 281 g/mol. The summed E-state index contributed by atoms with van der Waals surface area (Å²) in [6, 6.07) is 3.95. The van der Waals surface area contributed by atoms with E-state index >= 15 is 0 Å². The Kier molecular flexibility index (Phi) is 5.84. The summed E-state index contributed by atoms with van der Waals surface area (Å²) >= 11 is 0. The molecule has 1 aromatic carbocycles. The van der Waals surface area contributed by atoms with Gasteiger partial charge >= 0.3 is 0 Å². The van der Waals surface area contributed by atoms with Gasteiger partial charge in [0, 0.05) is 13.1 Å². The SMILES string of the molecule is COc1cc(C)c(CNCC(O)C(C)(C)C)cc1OC. The van der Waals surface area contributed by atoms with Crippen molar-refractivity contribution < 1.29 is 14.6 Å². The maximum atomic E-state index is 10.0. The third-order valence-corrected chi connectivity index (χ3v) is 3.49. The summed E-state index contributed by atoms with van der Waals surface area (Å²) in [5.74, 6) is 1.47. The van der Waals surface area contributed by atoms with E-state index in [2.05, 4.69) is 5.32 Å². The lowest BCUT2D eigenvalue weighted by Gasteiger charge is -2.26. The van der Waals surface area contributed by atoms with Crippen LogP contribution in [0, 0.1) is 12.3 Å². The average Bonchev–Trinajstić information content (AvgIpc) is 2.38. The Morgan fingerprint density at radius 3 is 2.20 bits per heavy atom. The number of benzene rings is 1. The number of rotatable bonds is 6. The molecule has 0 aliphatic heterocycles. The largest absolute Gasteiger partial charge is 0.493 e. The topological polar surface area (TPSA) is 50.7 Å². The van der Waals surface area contributed by atoms with E-state index in [1.54, 1.807) is 14.2 Å². The van der Waals surface area contributed by atoms with Crippen molar-refractivity contribution in [2.45, 2.75) is 40.3 Å². The Labute approximate surface area is 122 Å². The van der Waals surface area contributed by atoms with E-state index in [0.717, 1.165) is 22.6 Å². The van der Waals surface area contributed by atoms with Crippen LogP contribution in [0.15, 0.2) is 12.1 Å². The van der Waals surface area contributed by atoms with E-state index in [-0.39, 0.29) is 11.5 Å². The van der Waals surface area contributed by atoms with Crippen molar-refractivity contribution in [2.75, 3.05) is 20.8 Å². The standard InChI is InChI=1S/C16H27NO3/c1-11-7-13(19-5)14(20-6)8-12(11)9-17-10-15(18)16(2,3)4/h7-8,15,17-18H,9-10H2,1-6H3. The van der Waals surface area contributed by atoms with Crippen LogP contribution in [0.1, 0.15) is 31.9 Å². The lowest BCUT2D eigenvalue weighted by molar-refractivity contribution is 0.0627. The number of aliphatic hydroxyl groups is 1. The van der Waals surface area contributed by atoms with Crippen LogP contribution in [-0.2, 0) is 6.54 Å². The van der Waals surface area contributed by atoms with Crippen LogP contribution in [0.2, 0.25) is 0 Å². The molecule has 0 radical (unpaired) electrons. The highest BCUT2D eigenvalue weighted by molar-refractivity contribution is 5.46. The molecule has 0 heterocycles. The van der Waals surface area contributed by atoms with E-state index in [1.165, 1.54) is 0 Å². The van der Waals surface area contributed by atoms with Crippen LogP contribution < -0.4 is 14.8 Å². The van der Waals surface area contributed by atoms with Crippen molar-refractivity contribution in [3.63, 3.8) is 0 Å². The summed E-state index contributed by atoms with van der Waals surface area (Å²) in [6.45, 7) is 9.39. The van der Waals surface area contributed by atoms with Gasteiger partial charge in [-0.15, -0.1) is 0 Å². The molecule has 0 saturated heterocycles. The van der Waals surface area contributed by atoms with Gasteiger partial charge < -0.3 is 19.9 Å². The molecular weight excluding hydrogens is 254 g/mol. The van der Waals surface area contributed by atoms with Crippen LogP contribution in [0.4, 0.5) is 0 Å². The van der Waals surface area contributed by atoms with Crippen molar-refractivity contribution in [1.29, 1.82) is 0 Å². The maximum Gasteiger partial charge on any atom is 0.161 e. The Bertz CT molecular complexity index is 438. The summed E-state index contributed by atoms with van der Waals surface area (Å²) < 4.78 is 10.6. The molecule has 0 bridgehead atoms. The molecule has 114 valence electrons. The number of nitrogens with one attached hydrogen (secondary N) is 1. The second kappa shape index (κ2) is 6.95. The molecule has 4 nitrogen and oxygen atoms in total. The van der Waals surface area contributed by atoms with Crippen LogP contribution in [0.25, 0.3) is 0 Å². The number of methoxy groups -OCH3 is 2. The molecule has 0 aliphatic rings. The van der Waals surface area contributed by atoms with Crippen LogP contribution in [-0.4, -0.2) is 32.0 Å². The number of hydrogen-bond donors (Lipinski definition) is 2. The van der Waals surface area contributed by atoms with Crippen LogP contribution >= 0.6 is 0 Å². The number of aliphatic hydroxyl groups excluding tert-OH is 1. The molecule has 0 saturated carbocycles. The van der Waals surface area contributed by atoms with Crippen LogP contribution in [0.5, 0.6) is 11.5 Å². The third kappa shape index (κ3) is 4.39. The minimum atomic E-state index is -0.372. The normalized spacial score (nSPS) is 13.2. The minimum absolute atomic E-state index is 0.111. The van der Waals surface area contributed by atoms with Gasteiger partial charge in [0.15, 0.2) is 11.5 Å². The maximum absolute atomic E-state index is 10.0. The van der Waals surface area contributed by atoms with Crippen molar-refractivity contribution >= 4 is 0 Å². The van der Waals surface area contributed by atoms with E-state index in [4.69, 9.17) is 9.47 Å². The van der Waals surface area contributed by atoms with Crippen molar-refractivity contribution in [1.82, 2.24) is 5.32 Å². The molecule has 0 aliphatic carbocycles. The van der Waals surface area contributed by atoms with Crippen molar-refractivity contribution in [2.24, 2.45) is 5.41 Å². The molecule has 0 aromatic heterocycles. The quantitative estimate of drug-likeness (QED) is 0.841. The first kappa shape index (κ1) is 16.8. The Balaban J connectivity index is 2.69. The molecule has 1 unspecified atom stereocenters. The molecule has 1 rings (SSSR count). The van der Waals surface area contributed by atoms with Gasteiger partial charge in [-0.05, 0) is 35.6 Å². The highest BCUT2D eigenvalue weighted by atomic mass is 16.5. The highest BCUT2D eigenvalue weighted by Crippen LogP contribution is 2.30. The number of aryl methyl sites for hydroxylation is 1. The molecule has 20 heavy (non-hydrogen) atoms. The summed E-state index contributed by atoms with van der Waals surface area (Å²) in [4.78, 5) is 0. The molecule has 4 heteroatoms. The van der Waals surface area contributed by atoms with Gasteiger partial charge in [0.25, 0.3) is 0 Å². The Morgan fingerprint density at radius 1 is 1.15 bits per heavy atom. The molecule has 1 atom stereocenters. The van der Waals surface area contributed by atoms with E-state index in [1.807, 2.05) is 39.8 Å². The smallest absolute Gasteiger partial charge is 0.161 e. The second-order valence-electron chi connectivity index (χ2n) is 6.15. The Morgan fingerprint density at radius 2 is 1.70 bits per heavy atom. The summed E-state index contributed by atoms with van der Waals surface area (Å²) in [6.07, 6.45) is -0.372. The summed E-state index contributed by atoms with van der Waals surface area (Å²) in [7, 11) is 3.27. The van der Waals surface area contributed by atoms with Crippen LogP contribution in [0.3, 0.4) is 0 Å². The fourth-order valence-electron chi connectivity index (χ4n) is 1.86. The molecule has 1 aromatic rings. The number of ether oxygens (including phenoxy) is 2. The Hall–Kier alpha value is -1.26. The second-order valence-corrected chi connectivity index (χ2v) is 6.15. The van der Waals surface area contributed by atoms with E-state index in [9.17, 15) is 5.11 Å². The first-order valence-electron chi connectivity index (χ1n) is 6.90. The lowest BCUT2D eigenvalue weighted by Crippen LogP contribution is -2.36. The summed E-state index contributed by atoms with van der Waals surface area (Å²) in [5, 5.41) is 13.3. The van der Waals surface area contributed by atoms with Gasteiger partial charge in [0.05, 0.1) is 20.3 Å². The first-order valence-corrected chi connectivity index (χ1v) is 6.90. The van der Waals surface area contributed by atoms with Gasteiger partial charge in [-0.3, -0.25) is 0 Å². The van der Waals surface area contributed by atoms with E-state index < -0.39 is 0 Å². The van der Waals surface area contributed by atoms with Crippen molar-refractivity contribution in [3.8, 4) is 11.5 Å². The van der Waals surface area contributed by atoms with Gasteiger partial charge in [-0.25, -0.2) is 0 Å². The van der Waals surface area contributed by atoms with Crippen molar-refractivity contribution in [3.05, 3.63) is 23.3 Å². The average molecular weight is 281 g/mol. The molecule has 0 amide bonds. The predicted octanol–water partition coefficient (Wildman–Crippen LogP) is 2.51. The third-order valence-electron chi connectivity index (χ3n) is 3.49. The molecule has 2 N–H and O–H groups in total. The van der Waals surface area contributed by atoms with Gasteiger partial charge in [0.2, 0.25) is 0 Å². The molecule has 0 fully saturated rings.